The molecule has 1 atom stereocenters. The summed E-state index contributed by atoms with van der Waals surface area (Å²) in [6.45, 7) is 2.24. The standard InChI is InChI=1S/C29H34N4OS/c1-31(2)29(26-10-7-19-35-26)14-17-33(18-15-29)28(34)27(23-8-5-4-6-9-23)32(3)21-22-11-12-25-24(20-22)13-16-30-25/h4-13,16,19-20,27,30H,14-15,17-18,21H2,1-3H3. The van der Waals surface area contributed by atoms with Gasteiger partial charge in [0.1, 0.15) is 6.04 Å². The molecule has 0 saturated carbocycles. The number of likely N-dealkylation sites (tertiary alicyclic amines) is 1. The van der Waals surface area contributed by atoms with Crippen molar-refractivity contribution in [2.75, 3.05) is 34.2 Å². The van der Waals surface area contributed by atoms with Gasteiger partial charge in [-0.1, -0.05) is 42.5 Å². The highest BCUT2D eigenvalue weighted by Crippen LogP contribution is 2.40. The average Bonchev–Trinajstić information content (AvgIpc) is 3.57. The van der Waals surface area contributed by atoms with Gasteiger partial charge in [0.25, 0.3) is 0 Å². The van der Waals surface area contributed by atoms with Crippen LogP contribution in [0.15, 0.2) is 78.3 Å². The van der Waals surface area contributed by atoms with Gasteiger partial charge in [-0.25, -0.2) is 0 Å². The van der Waals surface area contributed by atoms with Crippen LogP contribution >= 0.6 is 11.3 Å². The molecule has 5 rings (SSSR count). The van der Waals surface area contributed by atoms with E-state index >= 15 is 0 Å². The van der Waals surface area contributed by atoms with Gasteiger partial charge in [0.15, 0.2) is 0 Å². The smallest absolute Gasteiger partial charge is 0.244 e. The molecule has 0 radical (unpaired) electrons. The van der Waals surface area contributed by atoms with E-state index in [1.54, 1.807) is 0 Å². The number of likely N-dealkylation sites (N-methyl/N-ethyl adjacent to an activating group) is 1. The highest BCUT2D eigenvalue weighted by atomic mass is 32.1. The Hall–Kier alpha value is -2.93. The van der Waals surface area contributed by atoms with Crippen molar-refractivity contribution in [3.05, 3.63) is 94.3 Å². The lowest BCUT2D eigenvalue weighted by atomic mass is 9.84. The Morgan fingerprint density at radius 3 is 2.49 bits per heavy atom. The summed E-state index contributed by atoms with van der Waals surface area (Å²) >= 11 is 1.82. The quantitative estimate of drug-likeness (QED) is 0.376. The van der Waals surface area contributed by atoms with E-state index in [0.29, 0.717) is 6.54 Å². The van der Waals surface area contributed by atoms with Crippen molar-refractivity contribution >= 4 is 28.1 Å². The Kier molecular flexibility index (Phi) is 6.78. The predicted octanol–water partition coefficient (Wildman–Crippen LogP) is 5.48. The highest BCUT2D eigenvalue weighted by molar-refractivity contribution is 7.10. The van der Waals surface area contributed by atoms with Gasteiger partial charge in [-0.05, 0) is 80.1 Å². The zero-order valence-corrected chi connectivity index (χ0v) is 21.6. The molecular formula is C29H34N4OS. The molecule has 4 aromatic rings. The molecular weight excluding hydrogens is 452 g/mol. The number of H-pyrrole nitrogens is 1. The molecule has 1 N–H and O–H groups in total. The van der Waals surface area contributed by atoms with Crippen molar-refractivity contribution in [2.24, 2.45) is 0 Å². The fourth-order valence-corrected chi connectivity index (χ4v) is 6.60. The molecule has 3 heterocycles. The van der Waals surface area contributed by atoms with Gasteiger partial charge in [0.2, 0.25) is 5.91 Å². The molecule has 5 nitrogen and oxygen atoms in total. The Morgan fingerprint density at radius 2 is 1.80 bits per heavy atom. The van der Waals surface area contributed by atoms with Gasteiger partial charge in [-0.2, -0.15) is 0 Å². The molecule has 0 spiro atoms. The van der Waals surface area contributed by atoms with Gasteiger partial charge in [-0.15, -0.1) is 11.3 Å². The number of hydrogen-bond acceptors (Lipinski definition) is 4. The summed E-state index contributed by atoms with van der Waals surface area (Å²) in [6, 6.07) is 22.9. The summed E-state index contributed by atoms with van der Waals surface area (Å²) in [4.78, 5) is 25.3. The molecule has 1 unspecified atom stereocenters. The van der Waals surface area contributed by atoms with Crippen molar-refractivity contribution in [3.63, 3.8) is 0 Å². The van der Waals surface area contributed by atoms with Crippen molar-refractivity contribution in [2.45, 2.75) is 31.0 Å². The molecule has 0 aliphatic carbocycles. The third kappa shape index (κ3) is 4.66. The molecule has 1 saturated heterocycles. The summed E-state index contributed by atoms with van der Waals surface area (Å²) in [5, 5.41) is 3.35. The largest absolute Gasteiger partial charge is 0.361 e. The van der Waals surface area contributed by atoms with E-state index in [1.165, 1.54) is 15.8 Å². The molecule has 35 heavy (non-hydrogen) atoms. The minimum Gasteiger partial charge on any atom is -0.361 e. The summed E-state index contributed by atoms with van der Waals surface area (Å²) < 4.78 is 0. The van der Waals surface area contributed by atoms with Crippen LogP contribution < -0.4 is 0 Å². The summed E-state index contributed by atoms with van der Waals surface area (Å²) in [5.41, 5.74) is 3.39. The maximum Gasteiger partial charge on any atom is 0.244 e. The topological polar surface area (TPSA) is 42.6 Å². The molecule has 1 aliphatic heterocycles. The van der Waals surface area contributed by atoms with Crippen LogP contribution in [0, 0.1) is 0 Å². The van der Waals surface area contributed by atoms with E-state index in [1.807, 2.05) is 35.7 Å². The van der Waals surface area contributed by atoms with Crippen LogP contribution in [0.3, 0.4) is 0 Å². The zero-order chi connectivity index (χ0) is 24.4. The van der Waals surface area contributed by atoms with E-state index in [-0.39, 0.29) is 17.5 Å². The van der Waals surface area contributed by atoms with Crippen molar-refractivity contribution in [1.29, 1.82) is 0 Å². The minimum absolute atomic E-state index is 0.00502. The maximum absolute atomic E-state index is 14.0. The normalized spacial score (nSPS) is 16.8. The van der Waals surface area contributed by atoms with Crippen LogP contribution in [-0.4, -0.2) is 59.8 Å². The first-order valence-electron chi connectivity index (χ1n) is 12.3. The number of piperidine rings is 1. The van der Waals surface area contributed by atoms with Crippen LogP contribution in [0.5, 0.6) is 0 Å². The van der Waals surface area contributed by atoms with E-state index in [9.17, 15) is 4.79 Å². The summed E-state index contributed by atoms with van der Waals surface area (Å²) in [6.07, 6.45) is 3.86. The molecule has 6 heteroatoms. The Bertz CT molecular complexity index is 1260. The lowest BCUT2D eigenvalue weighted by Crippen LogP contribution is -2.53. The van der Waals surface area contributed by atoms with Crippen molar-refractivity contribution in [1.82, 2.24) is 19.7 Å². The number of nitrogens with zero attached hydrogens (tertiary/aromatic N) is 3. The zero-order valence-electron chi connectivity index (χ0n) is 20.8. The van der Waals surface area contributed by atoms with Gasteiger partial charge in [0.05, 0.1) is 5.54 Å². The van der Waals surface area contributed by atoms with Crippen molar-refractivity contribution in [3.8, 4) is 0 Å². The van der Waals surface area contributed by atoms with Gasteiger partial charge >= 0.3 is 0 Å². The first-order valence-corrected chi connectivity index (χ1v) is 13.2. The predicted molar refractivity (Wildman–Crippen MR) is 144 cm³/mol. The molecule has 182 valence electrons. The number of rotatable bonds is 7. The van der Waals surface area contributed by atoms with Crippen LogP contribution in [0.2, 0.25) is 0 Å². The van der Waals surface area contributed by atoms with Crippen LogP contribution in [-0.2, 0) is 16.9 Å². The lowest BCUT2D eigenvalue weighted by Gasteiger charge is -2.46. The molecule has 0 bridgehead atoms. The molecule has 1 aliphatic rings. The summed E-state index contributed by atoms with van der Waals surface area (Å²) in [5.74, 6) is 0.194. The Balaban J connectivity index is 1.37. The second-order valence-electron chi connectivity index (χ2n) is 9.86. The SMILES string of the molecule is CN(Cc1ccc2[nH]ccc2c1)C(C(=O)N1CCC(c2cccs2)(N(C)C)CC1)c1ccccc1. The van der Waals surface area contributed by atoms with Gasteiger partial charge < -0.3 is 9.88 Å². The van der Waals surface area contributed by atoms with Crippen molar-refractivity contribution < 1.29 is 4.79 Å². The molecule has 2 aromatic carbocycles. The number of carbonyl (C=O) groups is 1. The van der Waals surface area contributed by atoms with Gasteiger partial charge in [-0.3, -0.25) is 14.6 Å². The monoisotopic (exact) mass is 486 g/mol. The van der Waals surface area contributed by atoms with Gasteiger partial charge in [0, 0.05) is 36.2 Å². The van der Waals surface area contributed by atoms with Crippen LogP contribution in [0.4, 0.5) is 0 Å². The van der Waals surface area contributed by atoms with E-state index < -0.39 is 0 Å². The fraction of sp³-hybridized carbons (Fsp3) is 0.345. The minimum atomic E-state index is -0.313. The molecule has 1 fully saturated rings. The number of carbonyl (C=O) groups excluding carboxylic acids is 1. The van der Waals surface area contributed by atoms with E-state index in [0.717, 1.165) is 37.0 Å². The highest BCUT2D eigenvalue weighted by Gasteiger charge is 2.41. The molecule has 2 aromatic heterocycles. The third-order valence-corrected chi connectivity index (χ3v) is 8.64. The number of fused-ring (bicyclic) bond motifs is 1. The first kappa shape index (κ1) is 23.8. The van der Waals surface area contributed by atoms with E-state index in [4.69, 9.17) is 0 Å². The maximum atomic E-state index is 14.0. The Morgan fingerprint density at radius 1 is 1.03 bits per heavy atom. The number of amides is 1. The second-order valence-corrected chi connectivity index (χ2v) is 10.8. The lowest BCUT2D eigenvalue weighted by molar-refractivity contribution is -0.139. The molecule has 1 amide bonds. The number of benzene rings is 2. The second kappa shape index (κ2) is 9.97. The van der Waals surface area contributed by atoms with Crippen LogP contribution in [0.25, 0.3) is 10.9 Å². The third-order valence-electron chi connectivity index (χ3n) is 7.58. The average molecular weight is 487 g/mol. The number of aromatic nitrogens is 1. The van der Waals surface area contributed by atoms with Crippen LogP contribution in [0.1, 0.15) is 34.9 Å². The number of hydrogen-bond donors (Lipinski definition) is 1. The Labute approximate surface area is 212 Å². The van der Waals surface area contributed by atoms with E-state index in [2.05, 4.69) is 94.7 Å². The first-order chi connectivity index (χ1) is 17.0. The summed E-state index contributed by atoms with van der Waals surface area (Å²) in [7, 11) is 6.40. The number of thiophene rings is 1. The number of nitrogens with one attached hydrogen (secondary N) is 1. The number of aromatic amines is 1. The fourth-order valence-electron chi connectivity index (χ4n) is 5.53.